The van der Waals surface area contributed by atoms with Gasteiger partial charge in [0.2, 0.25) is 23.6 Å². The quantitative estimate of drug-likeness (QED) is 0.106. The molecule has 0 rings (SSSR count). The SMILES string of the molecule is CSCCC(N)C(=O)NC(CC(N)=O)C(=O)NC(CCC(=O)O)C(=O)NC(C(=O)O)C(C)O. The number of aliphatic hydroxyl groups is 1. The van der Waals surface area contributed by atoms with Gasteiger partial charge in [-0.05, 0) is 31.8 Å². The molecule has 0 bridgehead atoms. The number of aliphatic hydroxyl groups excluding tert-OH is 1. The molecule has 5 unspecified atom stereocenters. The monoisotopic (exact) mass is 493 g/mol. The van der Waals surface area contributed by atoms with Crippen LogP contribution in [0.2, 0.25) is 0 Å². The first-order valence-electron chi connectivity index (χ1n) is 9.86. The van der Waals surface area contributed by atoms with Crippen molar-refractivity contribution in [2.45, 2.75) is 62.9 Å². The standard InChI is InChI=1S/C18H31N5O9S/c1-8(24)14(18(31)32)23-16(29)10(3-4-13(26)27)21-17(30)11(7-12(20)25)22-15(28)9(19)5-6-33-2/h8-11,14,24H,3-7,19H2,1-2H3,(H2,20,25)(H,21,30)(H,22,28)(H,23,29)(H,26,27)(H,31,32). The lowest BCUT2D eigenvalue weighted by atomic mass is 10.1. The fourth-order valence-electron chi connectivity index (χ4n) is 2.52. The summed E-state index contributed by atoms with van der Waals surface area (Å²) in [5.41, 5.74) is 10.9. The Morgan fingerprint density at radius 2 is 1.45 bits per heavy atom. The van der Waals surface area contributed by atoms with Crippen molar-refractivity contribution in [3.05, 3.63) is 0 Å². The molecule has 4 amide bonds. The molecule has 0 aromatic carbocycles. The maximum atomic E-state index is 12.7. The van der Waals surface area contributed by atoms with Gasteiger partial charge in [-0.3, -0.25) is 24.0 Å². The molecule has 0 aromatic heterocycles. The first-order valence-corrected chi connectivity index (χ1v) is 11.3. The average molecular weight is 494 g/mol. The zero-order valence-electron chi connectivity index (χ0n) is 18.3. The Kier molecular flexibility index (Phi) is 13.7. The summed E-state index contributed by atoms with van der Waals surface area (Å²) in [6, 6.07) is -5.76. The van der Waals surface area contributed by atoms with Crippen LogP contribution < -0.4 is 27.4 Å². The summed E-state index contributed by atoms with van der Waals surface area (Å²) >= 11 is 1.45. The molecule has 0 aliphatic heterocycles. The number of rotatable bonds is 16. The van der Waals surface area contributed by atoms with Crippen molar-refractivity contribution in [1.29, 1.82) is 0 Å². The van der Waals surface area contributed by atoms with Crippen LogP contribution in [0.4, 0.5) is 0 Å². The van der Waals surface area contributed by atoms with E-state index >= 15 is 0 Å². The second kappa shape index (κ2) is 15.0. The van der Waals surface area contributed by atoms with Crippen molar-refractivity contribution in [3.8, 4) is 0 Å². The normalized spacial score (nSPS) is 15.3. The van der Waals surface area contributed by atoms with Gasteiger partial charge in [-0.1, -0.05) is 0 Å². The van der Waals surface area contributed by atoms with Crippen LogP contribution in [0.3, 0.4) is 0 Å². The largest absolute Gasteiger partial charge is 0.481 e. The number of nitrogens with one attached hydrogen (secondary N) is 3. The van der Waals surface area contributed by atoms with Gasteiger partial charge in [0.25, 0.3) is 0 Å². The van der Waals surface area contributed by atoms with Crippen molar-refractivity contribution in [2.75, 3.05) is 12.0 Å². The van der Waals surface area contributed by atoms with Crippen molar-refractivity contribution in [1.82, 2.24) is 16.0 Å². The molecule has 0 heterocycles. The van der Waals surface area contributed by atoms with Gasteiger partial charge < -0.3 is 42.7 Å². The fraction of sp³-hybridized carbons (Fsp3) is 0.667. The summed E-state index contributed by atoms with van der Waals surface area (Å²) in [6.45, 7) is 1.11. The number of carbonyl (C=O) groups is 6. The Morgan fingerprint density at radius 3 is 1.91 bits per heavy atom. The highest BCUT2D eigenvalue weighted by Crippen LogP contribution is 2.04. The number of carboxylic acid groups (broad SMARTS) is 2. The number of amides is 4. The molecule has 0 aliphatic carbocycles. The molecule has 188 valence electrons. The number of carboxylic acids is 2. The second-order valence-corrected chi connectivity index (χ2v) is 8.16. The van der Waals surface area contributed by atoms with Gasteiger partial charge in [0.05, 0.1) is 18.6 Å². The van der Waals surface area contributed by atoms with Crippen molar-refractivity contribution in [3.63, 3.8) is 0 Å². The second-order valence-electron chi connectivity index (χ2n) is 7.18. The Morgan fingerprint density at radius 1 is 0.909 bits per heavy atom. The summed E-state index contributed by atoms with van der Waals surface area (Å²) in [5.74, 6) is -6.09. The molecule has 0 aliphatic rings. The zero-order chi connectivity index (χ0) is 25.7. The molecule has 0 saturated carbocycles. The van der Waals surface area contributed by atoms with Crippen LogP contribution in [0.5, 0.6) is 0 Å². The van der Waals surface area contributed by atoms with Crippen LogP contribution >= 0.6 is 11.8 Å². The Labute approximate surface area is 194 Å². The Hall–Kier alpha value is -2.91. The first kappa shape index (κ1) is 30.1. The van der Waals surface area contributed by atoms with Gasteiger partial charge in [-0.2, -0.15) is 11.8 Å². The van der Waals surface area contributed by atoms with Gasteiger partial charge in [0, 0.05) is 6.42 Å². The third kappa shape index (κ3) is 12.1. The number of hydrogen-bond acceptors (Lipinski definition) is 9. The topological polar surface area (TPSA) is 251 Å². The number of primary amides is 1. The maximum Gasteiger partial charge on any atom is 0.328 e. The lowest BCUT2D eigenvalue weighted by molar-refractivity contribution is -0.145. The van der Waals surface area contributed by atoms with Gasteiger partial charge in [-0.15, -0.1) is 0 Å². The lowest BCUT2D eigenvalue weighted by Crippen LogP contribution is -2.58. The molecule has 0 aromatic rings. The molecule has 15 heteroatoms. The molecular weight excluding hydrogens is 462 g/mol. The molecule has 0 saturated heterocycles. The van der Waals surface area contributed by atoms with Gasteiger partial charge in [0.15, 0.2) is 6.04 Å². The highest BCUT2D eigenvalue weighted by molar-refractivity contribution is 7.98. The van der Waals surface area contributed by atoms with E-state index in [1.165, 1.54) is 11.8 Å². The molecule has 0 fully saturated rings. The number of thioether (sulfide) groups is 1. The lowest BCUT2D eigenvalue weighted by Gasteiger charge is -2.25. The third-order valence-corrected chi connectivity index (χ3v) is 4.98. The van der Waals surface area contributed by atoms with E-state index in [2.05, 4.69) is 10.6 Å². The number of aliphatic carboxylic acids is 2. The maximum absolute atomic E-state index is 12.7. The Balaban J connectivity index is 5.54. The van der Waals surface area contributed by atoms with Crippen LogP contribution in [0.25, 0.3) is 0 Å². The average Bonchev–Trinajstić information content (AvgIpc) is 2.71. The molecular formula is C18H31N5O9S. The fourth-order valence-corrected chi connectivity index (χ4v) is 3.01. The van der Waals surface area contributed by atoms with E-state index in [-0.39, 0.29) is 6.42 Å². The van der Waals surface area contributed by atoms with Gasteiger partial charge in [0.1, 0.15) is 12.1 Å². The summed E-state index contributed by atoms with van der Waals surface area (Å²) in [5, 5.41) is 34.0. The summed E-state index contributed by atoms with van der Waals surface area (Å²) in [7, 11) is 0. The minimum absolute atomic E-state index is 0.289. The number of nitrogens with two attached hydrogens (primary N) is 2. The van der Waals surface area contributed by atoms with E-state index in [1.54, 1.807) is 0 Å². The molecule has 33 heavy (non-hydrogen) atoms. The highest BCUT2D eigenvalue weighted by Gasteiger charge is 2.32. The summed E-state index contributed by atoms with van der Waals surface area (Å²) in [4.78, 5) is 71.0. The number of hydrogen-bond donors (Lipinski definition) is 8. The van der Waals surface area contributed by atoms with Gasteiger partial charge >= 0.3 is 11.9 Å². The van der Waals surface area contributed by atoms with E-state index in [1.807, 2.05) is 11.6 Å². The predicted molar refractivity (Wildman–Crippen MR) is 117 cm³/mol. The molecule has 0 radical (unpaired) electrons. The highest BCUT2D eigenvalue weighted by atomic mass is 32.2. The van der Waals surface area contributed by atoms with Crippen LogP contribution in [-0.4, -0.2) is 93.2 Å². The van der Waals surface area contributed by atoms with Crippen LogP contribution in [0.1, 0.15) is 32.6 Å². The summed E-state index contributed by atoms with van der Waals surface area (Å²) in [6.07, 6.45) is -1.04. The zero-order valence-corrected chi connectivity index (χ0v) is 19.1. The van der Waals surface area contributed by atoms with E-state index in [0.717, 1.165) is 6.92 Å². The smallest absolute Gasteiger partial charge is 0.328 e. The van der Waals surface area contributed by atoms with Crippen molar-refractivity contribution >= 4 is 47.3 Å². The van der Waals surface area contributed by atoms with Crippen LogP contribution in [0.15, 0.2) is 0 Å². The van der Waals surface area contributed by atoms with E-state index < -0.39 is 85.1 Å². The number of carbonyl (C=O) groups excluding carboxylic acids is 4. The first-order chi connectivity index (χ1) is 15.3. The van der Waals surface area contributed by atoms with Gasteiger partial charge in [-0.25, -0.2) is 4.79 Å². The van der Waals surface area contributed by atoms with E-state index in [9.17, 15) is 33.9 Å². The van der Waals surface area contributed by atoms with E-state index in [0.29, 0.717) is 5.75 Å². The van der Waals surface area contributed by atoms with Crippen LogP contribution in [0, 0.1) is 0 Å². The van der Waals surface area contributed by atoms with E-state index in [4.69, 9.17) is 21.7 Å². The Bertz CT molecular complexity index is 734. The minimum atomic E-state index is -1.72. The predicted octanol–water partition coefficient (Wildman–Crippen LogP) is -3.27. The summed E-state index contributed by atoms with van der Waals surface area (Å²) < 4.78 is 0. The molecule has 0 spiro atoms. The third-order valence-electron chi connectivity index (χ3n) is 4.33. The van der Waals surface area contributed by atoms with Crippen molar-refractivity contribution < 1.29 is 44.1 Å². The molecule has 10 N–H and O–H groups in total. The van der Waals surface area contributed by atoms with Crippen molar-refractivity contribution in [2.24, 2.45) is 11.5 Å². The minimum Gasteiger partial charge on any atom is -0.481 e. The van der Waals surface area contributed by atoms with Crippen LogP contribution in [-0.2, 0) is 28.8 Å². The molecule has 5 atom stereocenters. The molecule has 14 nitrogen and oxygen atoms in total.